The predicted octanol–water partition coefficient (Wildman–Crippen LogP) is 10.3. The molecule has 11 atom stereocenters. The van der Waals surface area contributed by atoms with Crippen LogP contribution in [0.25, 0.3) is 0 Å². The molecule has 0 radical (unpaired) electrons. The minimum absolute atomic E-state index is 0.0230. The molecule has 11 unspecified atom stereocenters. The van der Waals surface area contributed by atoms with Gasteiger partial charge in [-0.3, -0.25) is 4.79 Å². The molecule has 0 aromatic rings. The number of carbonyl (C=O) groups is 1. The Morgan fingerprint density at radius 2 is 0.805 bits per heavy atom. The number of aliphatic hydroxyl groups is 7. The summed E-state index contributed by atoms with van der Waals surface area (Å²) in [6.45, 7) is 3.33. The Bertz CT molecular complexity index is 1780. The topological polar surface area (TPSA) is 214 Å². The lowest BCUT2D eigenvalue weighted by atomic mass is 9.98. The van der Waals surface area contributed by atoms with Crippen molar-refractivity contribution >= 4 is 5.97 Å². The van der Waals surface area contributed by atoms with Crippen molar-refractivity contribution in [3.8, 4) is 0 Å². The maximum Gasteiger partial charge on any atom is 0.306 e. The molecule has 0 saturated carbocycles. The van der Waals surface area contributed by atoms with Crippen molar-refractivity contribution in [2.24, 2.45) is 0 Å². The maximum atomic E-state index is 13.1. The minimum Gasteiger partial charge on any atom is -0.457 e. The molecule has 436 valence electrons. The van der Waals surface area contributed by atoms with Crippen molar-refractivity contribution in [1.82, 2.24) is 0 Å². The van der Waals surface area contributed by atoms with E-state index in [1.165, 1.54) is 0 Å². The van der Waals surface area contributed by atoms with Gasteiger partial charge in [-0.05, 0) is 109 Å². The lowest BCUT2D eigenvalue weighted by molar-refractivity contribution is -0.332. The number of ether oxygens (including phenoxy) is 6. The number of esters is 1. The highest BCUT2D eigenvalue weighted by atomic mass is 16.7. The van der Waals surface area contributed by atoms with Gasteiger partial charge in [0.1, 0.15) is 54.9 Å². The van der Waals surface area contributed by atoms with Gasteiger partial charge in [0.15, 0.2) is 12.6 Å². The second-order valence-corrected chi connectivity index (χ2v) is 19.3. The molecule has 2 rings (SSSR count). The fourth-order valence-corrected chi connectivity index (χ4v) is 8.08. The summed E-state index contributed by atoms with van der Waals surface area (Å²) in [5.74, 6) is -0.430. The summed E-state index contributed by atoms with van der Waals surface area (Å²) < 4.78 is 34.3. The molecule has 0 spiro atoms. The summed E-state index contributed by atoms with van der Waals surface area (Å²) in [6, 6.07) is 0. The monoisotopic (exact) mass is 1080 g/mol. The summed E-state index contributed by atoms with van der Waals surface area (Å²) in [6.07, 6.45) is 52.2. The number of rotatable bonds is 44. The Hall–Kier alpha value is -3.87. The molecule has 0 amide bonds. The standard InChI is InChI=1S/C63H100O14/c1-3-5-7-9-11-13-15-17-19-21-23-25-27-29-31-33-35-37-39-41-43-45-47-72-49-52(50-73-62-61(71)59(69)57(67)54(77-62)51-74-63-60(70)58(68)56(66)53(48-64)76-63)75-55(65)46-44-42-40-38-36-34-32-30-28-26-24-22-20-18-16-14-12-10-8-6-4-2/h5-8,11-14,17-20,23-26,29-32,36,38,52-54,56-64,66-71H,3-4,9-10,15-16,21-22,27-28,33-35,37,39-51H2,1-2H3/b7-5-,8-6-,13-11-,14-12-,19-17-,20-18-,25-23-,26-24-,31-29-,32-30-,38-36-. The molecule has 2 aliphatic rings. The molecule has 2 heterocycles. The Kier molecular flexibility index (Phi) is 43.2. The van der Waals surface area contributed by atoms with Gasteiger partial charge in [-0.1, -0.05) is 173 Å². The van der Waals surface area contributed by atoms with E-state index in [-0.39, 0.29) is 19.6 Å². The zero-order valence-electron chi connectivity index (χ0n) is 46.6. The zero-order valence-corrected chi connectivity index (χ0v) is 46.6. The Balaban J connectivity index is 1.77. The fourth-order valence-electron chi connectivity index (χ4n) is 8.08. The largest absolute Gasteiger partial charge is 0.457 e. The van der Waals surface area contributed by atoms with E-state index in [1.54, 1.807) is 0 Å². The van der Waals surface area contributed by atoms with Crippen LogP contribution < -0.4 is 0 Å². The number of hydrogen-bond acceptors (Lipinski definition) is 14. The van der Waals surface area contributed by atoms with Gasteiger partial charge in [0, 0.05) is 13.0 Å². The summed E-state index contributed by atoms with van der Waals surface area (Å²) >= 11 is 0. The first kappa shape index (κ1) is 69.2. The Morgan fingerprint density at radius 3 is 1.26 bits per heavy atom. The van der Waals surface area contributed by atoms with Crippen LogP contribution in [0.1, 0.15) is 155 Å². The van der Waals surface area contributed by atoms with Crippen LogP contribution in [0, 0.1) is 0 Å². The lowest BCUT2D eigenvalue weighted by Crippen LogP contribution is -2.61. The number of carbonyl (C=O) groups excluding carboxylic acids is 1. The third kappa shape index (κ3) is 34.7. The predicted molar refractivity (Wildman–Crippen MR) is 307 cm³/mol. The maximum absolute atomic E-state index is 13.1. The summed E-state index contributed by atoms with van der Waals surface area (Å²) in [5.41, 5.74) is 0. The average Bonchev–Trinajstić information content (AvgIpc) is 3.43. The van der Waals surface area contributed by atoms with E-state index >= 15 is 0 Å². The normalized spacial score (nSPS) is 25.3. The van der Waals surface area contributed by atoms with Crippen molar-refractivity contribution in [3.63, 3.8) is 0 Å². The first-order valence-corrected chi connectivity index (χ1v) is 28.8. The van der Waals surface area contributed by atoms with Crippen molar-refractivity contribution in [2.45, 2.75) is 223 Å². The van der Waals surface area contributed by atoms with Gasteiger partial charge in [0.2, 0.25) is 0 Å². The fraction of sp³-hybridized carbons (Fsp3) is 0.635. The van der Waals surface area contributed by atoms with Crippen molar-refractivity contribution in [2.75, 3.05) is 33.0 Å². The van der Waals surface area contributed by atoms with Crippen LogP contribution in [-0.2, 0) is 33.2 Å². The molecule has 0 aliphatic carbocycles. The molecule has 0 aromatic carbocycles. The number of allylic oxidation sites excluding steroid dienone is 22. The molecule has 0 bridgehead atoms. The van der Waals surface area contributed by atoms with Crippen LogP contribution in [-0.4, -0.2) is 142 Å². The summed E-state index contributed by atoms with van der Waals surface area (Å²) in [5, 5.41) is 72.4. The van der Waals surface area contributed by atoms with E-state index in [4.69, 9.17) is 28.4 Å². The number of aliphatic hydroxyl groups excluding tert-OH is 7. The third-order valence-corrected chi connectivity index (χ3v) is 12.7. The van der Waals surface area contributed by atoms with Crippen LogP contribution in [0.4, 0.5) is 0 Å². The van der Waals surface area contributed by atoms with Gasteiger partial charge in [-0.25, -0.2) is 0 Å². The molecule has 77 heavy (non-hydrogen) atoms. The highest BCUT2D eigenvalue weighted by molar-refractivity contribution is 5.69. The van der Waals surface area contributed by atoms with Crippen LogP contribution in [0.15, 0.2) is 134 Å². The van der Waals surface area contributed by atoms with Crippen molar-refractivity contribution in [3.05, 3.63) is 134 Å². The number of hydrogen-bond donors (Lipinski definition) is 7. The Labute approximate surface area is 462 Å². The quantitative estimate of drug-likeness (QED) is 0.0172. The molecule has 2 aliphatic heterocycles. The smallest absolute Gasteiger partial charge is 0.306 e. The van der Waals surface area contributed by atoms with Gasteiger partial charge in [0.05, 0.1) is 26.4 Å². The average molecular weight is 1080 g/mol. The van der Waals surface area contributed by atoms with Gasteiger partial charge in [-0.15, -0.1) is 0 Å². The molecular formula is C63H100O14. The van der Waals surface area contributed by atoms with Crippen molar-refractivity contribution < 1.29 is 69.0 Å². The van der Waals surface area contributed by atoms with E-state index < -0.39 is 86.7 Å². The molecule has 0 aromatic heterocycles. The second kappa shape index (κ2) is 48.1. The first-order chi connectivity index (χ1) is 37.6. The van der Waals surface area contributed by atoms with E-state index in [0.29, 0.717) is 13.0 Å². The second-order valence-electron chi connectivity index (χ2n) is 19.3. The number of unbranched alkanes of at least 4 members (excludes halogenated alkanes) is 8. The molecule has 2 saturated heterocycles. The first-order valence-electron chi connectivity index (χ1n) is 28.8. The highest BCUT2D eigenvalue weighted by Gasteiger charge is 2.47. The summed E-state index contributed by atoms with van der Waals surface area (Å²) in [7, 11) is 0. The Morgan fingerprint density at radius 1 is 0.429 bits per heavy atom. The molecule has 7 N–H and O–H groups in total. The lowest BCUT2D eigenvalue weighted by Gasteiger charge is -2.42. The van der Waals surface area contributed by atoms with Crippen LogP contribution in [0.2, 0.25) is 0 Å². The third-order valence-electron chi connectivity index (χ3n) is 12.7. The molecule has 14 heteroatoms. The van der Waals surface area contributed by atoms with Crippen LogP contribution >= 0.6 is 0 Å². The minimum atomic E-state index is -1.73. The van der Waals surface area contributed by atoms with Crippen LogP contribution in [0.5, 0.6) is 0 Å². The molecular weight excluding hydrogens is 981 g/mol. The molecule has 14 nitrogen and oxygen atoms in total. The molecule has 2 fully saturated rings. The van der Waals surface area contributed by atoms with E-state index in [9.17, 15) is 40.5 Å². The van der Waals surface area contributed by atoms with E-state index in [2.05, 4.69) is 148 Å². The van der Waals surface area contributed by atoms with Crippen molar-refractivity contribution in [1.29, 1.82) is 0 Å². The highest BCUT2D eigenvalue weighted by Crippen LogP contribution is 2.26. The van der Waals surface area contributed by atoms with E-state index in [1.807, 2.05) is 0 Å². The van der Waals surface area contributed by atoms with Gasteiger partial charge in [-0.2, -0.15) is 0 Å². The SMILES string of the molecule is CC/C=C\C/C=C\C/C=C\C/C=C\C/C=C\C/C=C\CCCCC(=O)OC(COCCCCCCCC/C=C\C/C=C\C/C=C\C/C=C\C/C=C\CC)COC1OC(COC2OC(CO)C(O)C(O)C2O)C(O)C(O)C1O. The van der Waals surface area contributed by atoms with Gasteiger partial charge < -0.3 is 64.2 Å². The van der Waals surface area contributed by atoms with Gasteiger partial charge in [0.25, 0.3) is 0 Å². The van der Waals surface area contributed by atoms with Gasteiger partial charge >= 0.3 is 5.97 Å². The van der Waals surface area contributed by atoms with Crippen LogP contribution in [0.3, 0.4) is 0 Å². The van der Waals surface area contributed by atoms with E-state index in [0.717, 1.165) is 128 Å². The zero-order chi connectivity index (χ0) is 55.8. The summed E-state index contributed by atoms with van der Waals surface area (Å²) in [4.78, 5) is 13.1.